The molecule has 2 aliphatic heterocycles. The molecule has 0 aromatic heterocycles. The van der Waals surface area contributed by atoms with Gasteiger partial charge in [0.15, 0.2) is 0 Å². The molecule has 0 saturated carbocycles. The molecule has 142 valence electrons. The van der Waals surface area contributed by atoms with Crippen LogP contribution >= 0.6 is 11.6 Å². The van der Waals surface area contributed by atoms with Gasteiger partial charge in [-0.25, -0.2) is 10.9 Å². The van der Waals surface area contributed by atoms with Crippen molar-refractivity contribution in [2.75, 3.05) is 20.3 Å². The number of carbonyl (C=O) groups excluding carboxylic acids is 1. The molecule has 4 unspecified atom stereocenters. The van der Waals surface area contributed by atoms with E-state index in [1.165, 1.54) is 0 Å². The Hall–Kier alpha value is -2.12. The van der Waals surface area contributed by atoms with Gasteiger partial charge in [-0.05, 0) is 23.8 Å². The lowest BCUT2D eigenvalue weighted by Crippen LogP contribution is -2.42. The van der Waals surface area contributed by atoms with E-state index in [9.17, 15) is 9.90 Å². The number of methoxy groups -OCH3 is 1. The number of hydrazine groups is 1. The second kappa shape index (κ2) is 7.48. The number of nitrogens with zero attached hydrogens (tertiary/aromatic N) is 1. The van der Waals surface area contributed by atoms with Crippen LogP contribution in [0.25, 0.3) is 0 Å². The van der Waals surface area contributed by atoms with Crippen LogP contribution in [-0.4, -0.2) is 42.2 Å². The molecule has 27 heavy (non-hydrogen) atoms. The number of hydrogen-bond acceptors (Lipinski definition) is 5. The van der Waals surface area contributed by atoms with E-state index >= 15 is 0 Å². The third-order valence-corrected chi connectivity index (χ3v) is 5.69. The predicted octanol–water partition coefficient (Wildman–Crippen LogP) is 2.41. The van der Waals surface area contributed by atoms with Crippen molar-refractivity contribution in [1.29, 1.82) is 0 Å². The van der Waals surface area contributed by atoms with E-state index in [2.05, 4.69) is 10.9 Å². The molecule has 1 amide bonds. The smallest absolute Gasteiger partial charge is 0.242 e. The van der Waals surface area contributed by atoms with Crippen molar-refractivity contribution in [1.82, 2.24) is 15.8 Å². The SMILES string of the molecule is COCCN1C(=O)C2NNC(c3ccccc3O)C2C1c1ccc(Cl)cc1. The maximum Gasteiger partial charge on any atom is 0.242 e. The summed E-state index contributed by atoms with van der Waals surface area (Å²) < 4.78 is 5.22. The summed E-state index contributed by atoms with van der Waals surface area (Å²) in [5.74, 6) is 0.168. The Morgan fingerprint density at radius 1 is 1.11 bits per heavy atom. The molecule has 4 atom stereocenters. The van der Waals surface area contributed by atoms with Crippen LogP contribution in [0.2, 0.25) is 5.02 Å². The summed E-state index contributed by atoms with van der Waals surface area (Å²) in [5.41, 5.74) is 8.15. The van der Waals surface area contributed by atoms with Crippen molar-refractivity contribution >= 4 is 17.5 Å². The lowest BCUT2D eigenvalue weighted by Gasteiger charge is -2.31. The fourth-order valence-electron chi connectivity index (χ4n) is 4.22. The van der Waals surface area contributed by atoms with Crippen LogP contribution in [0.5, 0.6) is 5.75 Å². The molecule has 2 aromatic rings. The first-order chi connectivity index (χ1) is 13.1. The molecule has 7 heteroatoms. The standard InChI is InChI=1S/C20H22ClN3O3/c1-27-11-10-24-19(12-6-8-13(21)9-7-12)16-17(22-23-18(16)20(24)26)14-4-2-3-5-15(14)25/h2-9,16-19,22-23,25H,10-11H2,1H3. The van der Waals surface area contributed by atoms with Crippen LogP contribution in [-0.2, 0) is 9.53 Å². The zero-order valence-corrected chi connectivity index (χ0v) is 15.7. The Labute approximate surface area is 163 Å². The Morgan fingerprint density at radius 2 is 1.81 bits per heavy atom. The van der Waals surface area contributed by atoms with E-state index in [0.29, 0.717) is 18.2 Å². The highest BCUT2D eigenvalue weighted by Crippen LogP contribution is 2.48. The number of amides is 1. The summed E-state index contributed by atoms with van der Waals surface area (Å²) >= 11 is 6.07. The van der Waals surface area contributed by atoms with E-state index in [1.807, 2.05) is 41.3 Å². The minimum atomic E-state index is -0.368. The van der Waals surface area contributed by atoms with Gasteiger partial charge < -0.3 is 14.7 Å². The van der Waals surface area contributed by atoms with E-state index in [-0.39, 0.29) is 35.7 Å². The second-order valence-corrected chi connectivity index (χ2v) is 7.34. The van der Waals surface area contributed by atoms with Gasteiger partial charge in [-0.3, -0.25) is 4.79 Å². The number of phenolic OH excluding ortho intramolecular Hbond substituents is 1. The van der Waals surface area contributed by atoms with Gasteiger partial charge in [-0.2, -0.15) is 0 Å². The van der Waals surface area contributed by atoms with Crippen molar-refractivity contribution in [3.05, 3.63) is 64.7 Å². The van der Waals surface area contributed by atoms with Gasteiger partial charge in [0, 0.05) is 30.2 Å². The van der Waals surface area contributed by atoms with E-state index in [1.54, 1.807) is 19.2 Å². The third-order valence-electron chi connectivity index (χ3n) is 5.43. The molecule has 4 rings (SSSR count). The average Bonchev–Trinajstić information content (AvgIpc) is 3.21. The van der Waals surface area contributed by atoms with Crippen LogP contribution < -0.4 is 10.9 Å². The molecule has 6 nitrogen and oxygen atoms in total. The minimum Gasteiger partial charge on any atom is -0.508 e. The first-order valence-electron chi connectivity index (χ1n) is 8.95. The van der Waals surface area contributed by atoms with Crippen molar-refractivity contribution in [2.24, 2.45) is 5.92 Å². The van der Waals surface area contributed by atoms with Gasteiger partial charge in [-0.15, -0.1) is 0 Å². The minimum absolute atomic E-state index is 0.0300. The number of likely N-dealkylation sites (tertiary alicyclic amines) is 1. The van der Waals surface area contributed by atoms with Crippen molar-refractivity contribution in [2.45, 2.75) is 18.1 Å². The van der Waals surface area contributed by atoms with E-state index < -0.39 is 0 Å². The summed E-state index contributed by atoms with van der Waals surface area (Å²) in [4.78, 5) is 14.9. The van der Waals surface area contributed by atoms with Crippen molar-refractivity contribution in [3.8, 4) is 5.75 Å². The Balaban J connectivity index is 1.76. The van der Waals surface area contributed by atoms with Crippen LogP contribution in [0, 0.1) is 5.92 Å². The number of ether oxygens (including phenoxy) is 1. The second-order valence-electron chi connectivity index (χ2n) is 6.90. The van der Waals surface area contributed by atoms with E-state index in [4.69, 9.17) is 16.3 Å². The largest absolute Gasteiger partial charge is 0.508 e. The number of fused-ring (bicyclic) bond motifs is 1. The monoisotopic (exact) mass is 387 g/mol. The first kappa shape index (κ1) is 18.3. The summed E-state index contributed by atoms with van der Waals surface area (Å²) in [5, 5.41) is 11.0. The van der Waals surface area contributed by atoms with Gasteiger partial charge in [0.25, 0.3) is 0 Å². The van der Waals surface area contributed by atoms with Gasteiger partial charge in [0.2, 0.25) is 5.91 Å². The third kappa shape index (κ3) is 3.19. The maximum atomic E-state index is 13.1. The van der Waals surface area contributed by atoms with Crippen LogP contribution in [0.15, 0.2) is 48.5 Å². The zero-order chi connectivity index (χ0) is 19.0. The highest BCUT2D eigenvalue weighted by atomic mass is 35.5. The molecule has 2 heterocycles. The molecule has 2 saturated heterocycles. The number of aromatic hydroxyl groups is 1. The molecule has 2 aliphatic rings. The van der Waals surface area contributed by atoms with Crippen LogP contribution in [0.1, 0.15) is 23.2 Å². The molecule has 0 radical (unpaired) electrons. The quantitative estimate of drug-likeness (QED) is 0.734. The van der Waals surface area contributed by atoms with Crippen molar-refractivity contribution in [3.63, 3.8) is 0 Å². The Morgan fingerprint density at radius 3 is 2.52 bits per heavy atom. The lowest BCUT2D eigenvalue weighted by atomic mass is 9.83. The number of hydrogen-bond donors (Lipinski definition) is 3. The summed E-state index contributed by atoms with van der Waals surface area (Å²) in [6.07, 6.45) is 0. The van der Waals surface area contributed by atoms with Crippen LogP contribution in [0.3, 0.4) is 0 Å². The molecule has 0 aliphatic carbocycles. The van der Waals surface area contributed by atoms with Crippen LogP contribution in [0.4, 0.5) is 0 Å². The topological polar surface area (TPSA) is 73.8 Å². The fourth-order valence-corrected chi connectivity index (χ4v) is 4.34. The molecule has 0 bridgehead atoms. The van der Waals surface area contributed by atoms with Gasteiger partial charge >= 0.3 is 0 Å². The molecule has 0 spiro atoms. The molecule has 2 fully saturated rings. The number of nitrogens with one attached hydrogen (secondary N) is 2. The molecule has 3 N–H and O–H groups in total. The van der Waals surface area contributed by atoms with E-state index in [0.717, 1.165) is 11.1 Å². The van der Waals surface area contributed by atoms with Gasteiger partial charge in [0.05, 0.1) is 18.7 Å². The predicted molar refractivity (Wildman–Crippen MR) is 102 cm³/mol. The number of carbonyl (C=O) groups is 1. The number of phenols is 1. The lowest BCUT2D eigenvalue weighted by molar-refractivity contribution is -0.131. The number of para-hydroxylation sites is 1. The normalized spacial score (nSPS) is 27.2. The number of benzene rings is 2. The molecular formula is C20H22ClN3O3. The summed E-state index contributed by atoms with van der Waals surface area (Å²) in [7, 11) is 1.63. The zero-order valence-electron chi connectivity index (χ0n) is 14.9. The fraction of sp³-hybridized carbons (Fsp3) is 0.350. The number of rotatable bonds is 5. The van der Waals surface area contributed by atoms with Gasteiger partial charge in [-0.1, -0.05) is 41.9 Å². The summed E-state index contributed by atoms with van der Waals surface area (Å²) in [6.45, 7) is 0.967. The Kier molecular flexibility index (Phi) is 5.06. The first-order valence-corrected chi connectivity index (χ1v) is 9.33. The number of halogens is 1. The highest BCUT2D eigenvalue weighted by Gasteiger charge is 2.55. The van der Waals surface area contributed by atoms with Crippen molar-refractivity contribution < 1.29 is 14.6 Å². The van der Waals surface area contributed by atoms with Gasteiger partial charge in [0.1, 0.15) is 11.8 Å². The summed E-state index contributed by atoms with van der Waals surface area (Å²) in [6, 6.07) is 14.1. The highest BCUT2D eigenvalue weighted by molar-refractivity contribution is 6.30. The molecular weight excluding hydrogens is 366 g/mol. The molecule has 2 aromatic carbocycles. The maximum absolute atomic E-state index is 13.1. The average molecular weight is 388 g/mol. The Bertz CT molecular complexity index is 829.